The summed E-state index contributed by atoms with van der Waals surface area (Å²) >= 11 is 0. The SMILES string of the molecule is COc1ccccc1NC(=O)C[n+]1ccccc1C.[Cl-]. The number of amides is 1. The van der Waals surface area contributed by atoms with Crippen LogP contribution in [0.2, 0.25) is 0 Å². The van der Waals surface area contributed by atoms with E-state index in [0.717, 1.165) is 5.69 Å². The molecule has 0 unspecified atom stereocenters. The minimum atomic E-state index is -0.0798. The first-order valence-corrected chi connectivity index (χ1v) is 6.08. The van der Waals surface area contributed by atoms with Crippen LogP contribution >= 0.6 is 0 Å². The van der Waals surface area contributed by atoms with Gasteiger partial charge in [-0.3, -0.25) is 4.79 Å². The third-order valence-corrected chi connectivity index (χ3v) is 2.86. The van der Waals surface area contributed by atoms with Crippen molar-refractivity contribution in [2.24, 2.45) is 0 Å². The number of pyridine rings is 1. The van der Waals surface area contributed by atoms with Crippen molar-refractivity contribution in [3.05, 3.63) is 54.4 Å². The summed E-state index contributed by atoms with van der Waals surface area (Å²) in [4.78, 5) is 12.0. The molecule has 1 N–H and O–H groups in total. The molecule has 1 amide bonds. The summed E-state index contributed by atoms with van der Waals surface area (Å²) in [5.74, 6) is 0.578. The van der Waals surface area contributed by atoms with Gasteiger partial charge in [0.25, 0.3) is 5.91 Å². The zero-order valence-corrected chi connectivity index (χ0v) is 12.2. The summed E-state index contributed by atoms with van der Waals surface area (Å²) in [7, 11) is 1.58. The highest BCUT2D eigenvalue weighted by atomic mass is 35.5. The largest absolute Gasteiger partial charge is 1.00 e. The molecule has 0 aliphatic rings. The van der Waals surface area contributed by atoms with Crippen LogP contribution in [0, 0.1) is 6.92 Å². The Morgan fingerprint density at radius 2 is 1.90 bits per heavy atom. The van der Waals surface area contributed by atoms with Crippen molar-refractivity contribution in [2.75, 3.05) is 12.4 Å². The molecule has 1 aromatic heterocycles. The predicted octanol–water partition coefficient (Wildman–Crippen LogP) is -1.07. The van der Waals surface area contributed by atoms with Gasteiger partial charge < -0.3 is 22.5 Å². The van der Waals surface area contributed by atoms with E-state index in [1.807, 2.05) is 60.2 Å². The van der Waals surface area contributed by atoms with Gasteiger partial charge in [0.2, 0.25) is 6.54 Å². The summed E-state index contributed by atoms with van der Waals surface area (Å²) in [6, 6.07) is 13.2. The number of methoxy groups -OCH3 is 1. The second-order valence-electron chi connectivity index (χ2n) is 4.22. The van der Waals surface area contributed by atoms with Crippen LogP contribution in [-0.4, -0.2) is 13.0 Å². The van der Waals surface area contributed by atoms with E-state index in [1.165, 1.54) is 0 Å². The highest BCUT2D eigenvalue weighted by Crippen LogP contribution is 2.22. The maximum absolute atomic E-state index is 12.0. The van der Waals surface area contributed by atoms with Gasteiger partial charge >= 0.3 is 0 Å². The van der Waals surface area contributed by atoms with Crippen LogP contribution in [-0.2, 0) is 11.3 Å². The first-order chi connectivity index (χ1) is 9.20. The van der Waals surface area contributed by atoms with Crippen LogP contribution in [0.15, 0.2) is 48.7 Å². The van der Waals surface area contributed by atoms with E-state index in [1.54, 1.807) is 7.11 Å². The fourth-order valence-corrected chi connectivity index (χ4v) is 1.83. The van der Waals surface area contributed by atoms with E-state index in [0.29, 0.717) is 11.4 Å². The summed E-state index contributed by atoms with van der Waals surface area (Å²) < 4.78 is 7.09. The van der Waals surface area contributed by atoms with Gasteiger partial charge in [-0.25, -0.2) is 0 Å². The number of aryl methyl sites for hydroxylation is 1. The number of carbonyl (C=O) groups is 1. The fourth-order valence-electron chi connectivity index (χ4n) is 1.83. The first kappa shape index (κ1) is 16.0. The average Bonchev–Trinajstić information content (AvgIpc) is 2.42. The van der Waals surface area contributed by atoms with Gasteiger partial charge in [-0.2, -0.15) is 4.57 Å². The molecule has 2 aromatic rings. The average molecular weight is 293 g/mol. The standard InChI is InChI=1S/C15H16N2O2.ClH/c1-12-7-5-6-10-17(12)11-15(18)16-13-8-3-4-9-14(13)19-2;/h3-10H,11H2,1-2H3;1H. The Hall–Kier alpha value is -2.07. The monoisotopic (exact) mass is 292 g/mol. The number of rotatable bonds is 4. The highest BCUT2D eigenvalue weighted by molar-refractivity contribution is 5.91. The molecule has 0 bridgehead atoms. The van der Waals surface area contributed by atoms with Crippen LogP contribution in [0.4, 0.5) is 5.69 Å². The fraction of sp³-hybridized carbons (Fsp3) is 0.200. The molecule has 2 rings (SSSR count). The van der Waals surface area contributed by atoms with Crippen LogP contribution in [0.25, 0.3) is 0 Å². The molecule has 0 radical (unpaired) electrons. The quantitative estimate of drug-likeness (QED) is 0.730. The Kier molecular flexibility index (Phi) is 6.00. The summed E-state index contributed by atoms with van der Waals surface area (Å²) in [6.07, 6.45) is 1.89. The number of ether oxygens (including phenoxy) is 1. The van der Waals surface area contributed by atoms with Crippen molar-refractivity contribution in [3.8, 4) is 5.75 Å². The summed E-state index contributed by atoms with van der Waals surface area (Å²) in [5, 5.41) is 2.85. The Bertz CT molecular complexity index is 588. The number of hydrogen-bond donors (Lipinski definition) is 1. The Balaban J connectivity index is 0.00000200. The van der Waals surface area contributed by atoms with Gasteiger partial charge in [0.15, 0.2) is 11.9 Å². The Morgan fingerprint density at radius 3 is 2.60 bits per heavy atom. The van der Waals surface area contributed by atoms with E-state index in [2.05, 4.69) is 5.32 Å². The van der Waals surface area contributed by atoms with Gasteiger partial charge in [0, 0.05) is 19.1 Å². The Morgan fingerprint density at radius 1 is 1.20 bits per heavy atom. The topological polar surface area (TPSA) is 42.2 Å². The molecule has 0 aliphatic heterocycles. The lowest BCUT2D eigenvalue weighted by Gasteiger charge is -2.08. The van der Waals surface area contributed by atoms with Crippen LogP contribution in [0.3, 0.4) is 0 Å². The molecule has 5 heteroatoms. The number of nitrogens with one attached hydrogen (secondary N) is 1. The second kappa shape index (κ2) is 7.50. The Labute approximate surface area is 124 Å². The van der Waals surface area contributed by atoms with E-state index in [4.69, 9.17) is 4.74 Å². The third-order valence-electron chi connectivity index (χ3n) is 2.86. The van der Waals surface area contributed by atoms with E-state index < -0.39 is 0 Å². The summed E-state index contributed by atoms with van der Waals surface area (Å²) in [5.41, 5.74) is 1.72. The lowest BCUT2D eigenvalue weighted by molar-refractivity contribution is -0.690. The predicted molar refractivity (Wildman–Crippen MR) is 73.0 cm³/mol. The van der Waals surface area contributed by atoms with Crippen molar-refractivity contribution in [2.45, 2.75) is 13.5 Å². The number of benzene rings is 1. The number of nitrogens with zero attached hydrogens (tertiary/aromatic N) is 1. The van der Waals surface area contributed by atoms with Gasteiger partial charge in [-0.1, -0.05) is 18.2 Å². The number of aromatic nitrogens is 1. The molecule has 1 heterocycles. The van der Waals surface area contributed by atoms with E-state index in [9.17, 15) is 4.79 Å². The number of carbonyl (C=O) groups excluding carboxylic acids is 1. The van der Waals surface area contributed by atoms with Crippen molar-refractivity contribution in [1.29, 1.82) is 0 Å². The lowest BCUT2D eigenvalue weighted by atomic mass is 10.3. The number of hydrogen-bond acceptors (Lipinski definition) is 2. The zero-order chi connectivity index (χ0) is 13.7. The number of para-hydroxylation sites is 2. The van der Waals surface area contributed by atoms with Crippen molar-refractivity contribution < 1.29 is 26.5 Å². The lowest BCUT2D eigenvalue weighted by Crippen LogP contribution is -3.00. The smallest absolute Gasteiger partial charge is 0.290 e. The zero-order valence-electron chi connectivity index (χ0n) is 11.5. The molecule has 106 valence electrons. The van der Waals surface area contributed by atoms with Crippen molar-refractivity contribution in [1.82, 2.24) is 0 Å². The molecular formula is C15H17ClN2O2. The molecular weight excluding hydrogens is 276 g/mol. The minimum absolute atomic E-state index is 0. The normalized spacial score (nSPS) is 9.50. The first-order valence-electron chi connectivity index (χ1n) is 6.08. The van der Waals surface area contributed by atoms with Crippen LogP contribution in [0.1, 0.15) is 5.69 Å². The number of halogens is 1. The molecule has 20 heavy (non-hydrogen) atoms. The molecule has 0 saturated heterocycles. The van der Waals surface area contributed by atoms with Crippen LogP contribution < -0.4 is 27.0 Å². The third kappa shape index (κ3) is 3.96. The molecule has 1 aromatic carbocycles. The van der Waals surface area contributed by atoms with Gasteiger partial charge in [0.1, 0.15) is 5.75 Å². The van der Waals surface area contributed by atoms with E-state index >= 15 is 0 Å². The summed E-state index contributed by atoms with van der Waals surface area (Å²) in [6.45, 7) is 2.25. The molecule has 0 fully saturated rings. The maximum Gasteiger partial charge on any atom is 0.290 e. The minimum Gasteiger partial charge on any atom is -1.00 e. The number of anilines is 1. The highest BCUT2D eigenvalue weighted by Gasteiger charge is 2.13. The molecule has 4 nitrogen and oxygen atoms in total. The maximum atomic E-state index is 12.0. The molecule has 0 atom stereocenters. The second-order valence-corrected chi connectivity index (χ2v) is 4.22. The van der Waals surface area contributed by atoms with E-state index in [-0.39, 0.29) is 24.9 Å². The van der Waals surface area contributed by atoms with Crippen molar-refractivity contribution >= 4 is 11.6 Å². The van der Waals surface area contributed by atoms with Crippen molar-refractivity contribution in [3.63, 3.8) is 0 Å². The molecule has 0 aliphatic carbocycles. The molecule has 0 saturated carbocycles. The van der Waals surface area contributed by atoms with Gasteiger partial charge in [-0.05, 0) is 12.1 Å². The van der Waals surface area contributed by atoms with Crippen LogP contribution in [0.5, 0.6) is 5.75 Å². The molecule has 0 spiro atoms. The van der Waals surface area contributed by atoms with Gasteiger partial charge in [-0.15, -0.1) is 0 Å². The van der Waals surface area contributed by atoms with Gasteiger partial charge in [0.05, 0.1) is 12.8 Å².